The van der Waals surface area contributed by atoms with Crippen molar-refractivity contribution >= 4 is 40.8 Å². The highest BCUT2D eigenvalue weighted by molar-refractivity contribution is 6.34. The third-order valence-electron chi connectivity index (χ3n) is 3.21. The molecule has 0 saturated carbocycles. The van der Waals surface area contributed by atoms with Gasteiger partial charge in [0.2, 0.25) is 5.91 Å². The summed E-state index contributed by atoms with van der Waals surface area (Å²) < 4.78 is 5.24. The number of hydrogen-bond acceptors (Lipinski definition) is 3. The van der Waals surface area contributed by atoms with E-state index < -0.39 is 5.97 Å². The predicted molar refractivity (Wildman–Crippen MR) is 96.0 cm³/mol. The molecule has 0 aliphatic carbocycles. The molecule has 0 spiro atoms. The third-order valence-corrected chi connectivity index (χ3v) is 3.64. The summed E-state index contributed by atoms with van der Waals surface area (Å²) in [5, 5.41) is 3.55. The van der Waals surface area contributed by atoms with Crippen LogP contribution in [-0.2, 0) is 4.79 Å². The average molecular weight is 366 g/mol. The summed E-state index contributed by atoms with van der Waals surface area (Å²) in [7, 11) is 0. The minimum atomic E-state index is -0.530. The van der Waals surface area contributed by atoms with Crippen LogP contribution in [0.2, 0.25) is 10.0 Å². The average Bonchev–Trinajstić information content (AvgIpc) is 2.52. The minimum absolute atomic E-state index is 0.0410. The highest BCUT2D eigenvalue weighted by Crippen LogP contribution is 2.25. The van der Waals surface area contributed by atoms with Gasteiger partial charge in [-0.15, -0.1) is 0 Å². The Hall–Kier alpha value is -2.04. The van der Waals surface area contributed by atoms with Crippen molar-refractivity contribution in [2.45, 2.75) is 26.2 Å². The second-order valence-corrected chi connectivity index (χ2v) is 6.10. The molecule has 0 heterocycles. The fraction of sp³-hybridized carbons (Fsp3) is 0.222. The van der Waals surface area contributed by atoms with Crippen LogP contribution in [-0.4, -0.2) is 11.9 Å². The van der Waals surface area contributed by atoms with Crippen LogP contribution < -0.4 is 10.1 Å². The van der Waals surface area contributed by atoms with E-state index in [9.17, 15) is 9.59 Å². The summed E-state index contributed by atoms with van der Waals surface area (Å²) in [5.74, 6) is -0.299. The Morgan fingerprint density at radius 3 is 2.25 bits per heavy atom. The number of nitrogens with one attached hydrogen (secondary N) is 1. The van der Waals surface area contributed by atoms with Gasteiger partial charge in [0.1, 0.15) is 5.75 Å². The summed E-state index contributed by atoms with van der Waals surface area (Å²) in [6.45, 7) is 2.03. The first-order valence-corrected chi connectivity index (χ1v) is 8.31. The lowest BCUT2D eigenvalue weighted by Gasteiger charge is -2.07. The summed E-state index contributed by atoms with van der Waals surface area (Å²) in [5.41, 5.74) is 0.996. The predicted octanol–water partition coefficient (Wildman–Crippen LogP) is 5.34. The van der Waals surface area contributed by atoms with Crippen LogP contribution >= 0.6 is 23.2 Å². The van der Waals surface area contributed by atoms with E-state index in [1.807, 2.05) is 6.92 Å². The highest BCUT2D eigenvalue weighted by atomic mass is 35.5. The Balaban J connectivity index is 1.99. The number of halogens is 2. The maximum absolute atomic E-state index is 12.1. The third kappa shape index (κ3) is 5.55. The van der Waals surface area contributed by atoms with Crippen LogP contribution in [0.5, 0.6) is 5.75 Å². The number of carbonyl (C=O) groups is 2. The summed E-state index contributed by atoms with van der Waals surface area (Å²) >= 11 is 11.7. The molecule has 0 radical (unpaired) electrons. The molecule has 0 aromatic heterocycles. The largest absolute Gasteiger partial charge is 0.423 e. The smallest absolute Gasteiger partial charge is 0.343 e. The lowest BCUT2D eigenvalue weighted by Crippen LogP contribution is -2.12. The molecular formula is C18H17Cl2NO3. The first kappa shape index (κ1) is 18.3. The van der Waals surface area contributed by atoms with Gasteiger partial charge in [-0.25, -0.2) is 4.79 Å². The quantitative estimate of drug-likeness (QED) is 0.555. The van der Waals surface area contributed by atoms with Crippen molar-refractivity contribution in [1.82, 2.24) is 0 Å². The number of unbranched alkanes of at least 4 members (excludes halogenated alkanes) is 1. The molecule has 0 bridgehead atoms. The van der Waals surface area contributed by atoms with E-state index in [0.717, 1.165) is 12.8 Å². The fourth-order valence-electron chi connectivity index (χ4n) is 2.00. The Morgan fingerprint density at radius 2 is 1.67 bits per heavy atom. The van der Waals surface area contributed by atoms with Crippen molar-refractivity contribution in [3.8, 4) is 5.75 Å². The van der Waals surface area contributed by atoms with E-state index in [0.29, 0.717) is 27.7 Å². The van der Waals surface area contributed by atoms with Crippen LogP contribution in [0.3, 0.4) is 0 Å². The molecule has 0 unspecified atom stereocenters. The first-order valence-electron chi connectivity index (χ1n) is 7.56. The van der Waals surface area contributed by atoms with E-state index in [-0.39, 0.29) is 11.7 Å². The molecule has 0 aliphatic heterocycles. The molecule has 0 atom stereocenters. The zero-order chi connectivity index (χ0) is 17.5. The van der Waals surface area contributed by atoms with Gasteiger partial charge in [-0.05, 0) is 48.9 Å². The van der Waals surface area contributed by atoms with E-state index in [1.165, 1.54) is 12.1 Å². The van der Waals surface area contributed by atoms with E-state index >= 15 is 0 Å². The van der Waals surface area contributed by atoms with Crippen molar-refractivity contribution in [3.05, 3.63) is 58.1 Å². The molecule has 24 heavy (non-hydrogen) atoms. The van der Waals surface area contributed by atoms with E-state index in [1.54, 1.807) is 30.3 Å². The molecule has 4 nitrogen and oxygen atoms in total. The SMILES string of the molecule is CCCCC(=O)Nc1ccc(C(=O)Oc2cc(Cl)cc(Cl)c2)cc1. The molecular weight excluding hydrogens is 349 g/mol. The van der Waals surface area contributed by atoms with Crippen molar-refractivity contribution < 1.29 is 14.3 Å². The van der Waals surface area contributed by atoms with Gasteiger partial charge in [0.25, 0.3) is 0 Å². The maximum Gasteiger partial charge on any atom is 0.343 e. The molecule has 6 heteroatoms. The molecule has 2 aromatic rings. The molecule has 0 saturated heterocycles. The minimum Gasteiger partial charge on any atom is -0.423 e. The van der Waals surface area contributed by atoms with Crippen LogP contribution in [0.4, 0.5) is 5.69 Å². The monoisotopic (exact) mass is 365 g/mol. The Labute approximate surface area is 150 Å². The molecule has 1 N–H and O–H groups in total. The number of esters is 1. The summed E-state index contributed by atoms with van der Waals surface area (Å²) in [6, 6.07) is 11.1. The number of rotatable bonds is 6. The van der Waals surface area contributed by atoms with Crippen molar-refractivity contribution in [3.63, 3.8) is 0 Å². The molecule has 1 amide bonds. The lowest BCUT2D eigenvalue weighted by molar-refractivity contribution is -0.116. The zero-order valence-corrected chi connectivity index (χ0v) is 14.7. The van der Waals surface area contributed by atoms with Gasteiger partial charge < -0.3 is 10.1 Å². The van der Waals surface area contributed by atoms with E-state index in [4.69, 9.17) is 27.9 Å². The van der Waals surface area contributed by atoms with Gasteiger partial charge in [-0.1, -0.05) is 36.5 Å². The molecule has 126 valence electrons. The molecule has 0 fully saturated rings. The van der Waals surface area contributed by atoms with Gasteiger partial charge in [-0.3, -0.25) is 4.79 Å². The number of benzene rings is 2. The van der Waals surface area contributed by atoms with Crippen molar-refractivity contribution in [1.29, 1.82) is 0 Å². The second-order valence-electron chi connectivity index (χ2n) is 5.22. The highest BCUT2D eigenvalue weighted by Gasteiger charge is 2.10. The van der Waals surface area contributed by atoms with Crippen LogP contribution in [0.15, 0.2) is 42.5 Å². The van der Waals surface area contributed by atoms with Crippen molar-refractivity contribution in [2.24, 2.45) is 0 Å². The number of hydrogen-bond donors (Lipinski definition) is 1. The normalized spacial score (nSPS) is 10.3. The number of anilines is 1. The van der Waals surface area contributed by atoms with Gasteiger partial charge in [0, 0.05) is 22.2 Å². The lowest BCUT2D eigenvalue weighted by atomic mass is 10.2. The number of carbonyl (C=O) groups excluding carboxylic acids is 2. The zero-order valence-electron chi connectivity index (χ0n) is 13.1. The topological polar surface area (TPSA) is 55.4 Å². The van der Waals surface area contributed by atoms with Crippen molar-refractivity contribution in [2.75, 3.05) is 5.32 Å². The number of amides is 1. The Kier molecular flexibility index (Phi) is 6.64. The summed E-state index contributed by atoms with van der Waals surface area (Å²) in [6.07, 6.45) is 2.29. The number of ether oxygens (including phenoxy) is 1. The first-order chi connectivity index (χ1) is 11.5. The molecule has 2 rings (SSSR count). The van der Waals surface area contributed by atoms with Gasteiger partial charge >= 0.3 is 5.97 Å². The Bertz CT molecular complexity index is 709. The maximum atomic E-state index is 12.1. The van der Waals surface area contributed by atoms with Crippen LogP contribution in [0.1, 0.15) is 36.5 Å². The fourth-order valence-corrected chi connectivity index (χ4v) is 2.51. The second kappa shape index (κ2) is 8.71. The van der Waals surface area contributed by atoms with E-state index in [2.05, 4.69) is 5.32 Å². The van der Waals surface area contributed by atoms with Gasteiger partial charge in [-0.2, -0.15) is 0 Å². The van der Waals surface area contributed by atoms with Crippen LogP contribution in [0.25, 0.3) is 0 Å². The van der Waals surface area contributed by atoms with Gasteiger partial charge in [0.05, 0.1) is 5.56 Å². The standard InChI is InChI=1S/C18H17Cl2NO3/c1-2-3-4-17(22)21-15-7-5-12(6-8-15)18(23)24-16-10-13(19)9-14(20)11-16/h5-11H,2-4H2,1H3,(H,21,22). The molecule has 0 aliphatic rings. The summed E-state index contributed by atoms with van der Waals surface area (Å²) in [4.78, 5) is 23.8. The van der Waals surface area contributed by atoms with Crippen LogP contribution in [0, 0.1) is 0 Å². The van der Waals surface area contributed by atoms with Gasteiger partial charge in [0.15, 0.2) is 0 Å². The Morgan fingerprint density at radius 1 is 1.04 bits per heavy atom. The molecule has 2 aromatic carbocycles.